The molecule has 3 N–H and O–H groups in total. The molecule has 0 radical (unpaired) electrons. The van der Waals surface area contributed by atoms with Crippen molar-refractivity contribution < 1.29 is 95.8 Å². The highest BCUT2D eigenvalue weighted by molar-refractivity contribution is 6.13. The number of rotatable bonds is 37. The number of amides is 8. The standard InChI is InChI=1S/C22H31N3O11.C18H28N2O9/c26-17(5-8-24-18(27)1-2-19(24)28)23-7-10-33-12-14-35-16-15-34-13-11-32-9-6-22(31)36-25-20(29)3-4-21(25)30;21-15(3-6-20-16(22)1-2-17(20)23)19-5-8-27-10-12-29-14-13-28-11-9-26-7-4-18(24)25/h1-2H,3-16H2,(H,23,26);1-2H,3-14H2,(H,19,21)(H,24,25). The van der Waals surface area contributed by atoms with Gasteiger partial charge < -0.3 is 58.5 Å². The van der Waals surface area contributed by atoms with Crippen LogP contribution in [0.1, 0.15) is 38.5 Å². The van der Waals surface area contributed by atoms with Crippen molar-refractivity contribution >= 4 is 59.2 Å². The highest BCUT2D eigenvalue weighted by Gasteiger charge is 2.32. The van der Waals surface area contributed by atoms with Crippen molar-refractivity contribution in [2.45, 2.75) is 38.5 Å². The summed E-state index contributed by atoms with van der Waals surface area (Å²) in [6.45, 7) is 5.79. The van der Waals surface area contributed by atoms with Gasteiger partial charge in [0.1, 0.15) is 0 Å². The lowest BCUT2D eigenvalue weighted by Crippen LogP contribution is -2.35. The first-order chi connectivity index (χ1) is 31.4. The summed E-state index contributed by atoms with van der Waals surface area (Å²) in [4.78, 5) is 120. The van der Waals surface area contributed by atoms with E-state index in [1.807, 2.05) is 0 Å². The Kier molecular flexibility index (Phi) is 29.8. The van der Waals surface area contributed by atoms with Gasteiger partial charge in [0.05, 0.1) is 119 Å². The Labute approximate surface area is 374 Å². The van der Waals surface area contributed by atoms with Crippen LogP contribution in [0.3, 0.4) is 0 Å². The quantitative estimate of drug-likeness (QED) is 0.0426. The molecule has 1 fully saturated rings. The van der Waals surface area contributed by atoms with Crippen molar-refractivity contribution in [2.24, 2.45) is 0 Å². The lowest BCUT2D eigenvalue weighted by atomic mass is 10.3. The third-order valence-electron chi connectivity index (χ3n) is 8.40. The van der Waals surface area contributed by atoms with E-state index < -0.39 is 47.4 Å². The van der Waals surface area contributed by atoms with E-state index in [0.717, 1.165) is 9.80 Å². The fourth-order valence-electron chi connectivity index (χ4n) is 5.08. The average molecular weight is 930 g/mol. The zero-order valence-corrected chi connectivity index (χ0v) is 36.2. The van der Waals surface area contributed by atoms with E-state index in [2.05, 4.69) is 10.6 Å². The lowest BCUT2D eigenvalue weighted by Gasteiger charge is -2.13. The summed E-state index contributed by atoms with van der Waals surface area (Å²) in [6, 6.07) is 0. The first-order valence-corrected chi connectivity index (χ1v) is 20.9. The number of carboxylic acids is 1. The third kappa shape index (κ3) is 26.8. The zero-order valence-electron chi connectivity index (χ0n) is 36.2. The SMILES string of the molecule is O=C(CCN1C(=O)C=CC1=O)NCCOCCOCCOCCOCCC(=O)ON1C(=O)CCC1=O.O=C(O)CCOCCOCCOCCOCCNC(=O)CCN1C(=O)C=CC1=O. The van der Waals surface area contributed by atoms with Gasteiger partial charge in [-0.05, 0) is 0 Å². The van der Waals surface area contributed by atoms with E-state index in [-0.39, 0.29) is 83.2 Å². The molecule has 364 valence electrons. The summed E-state index contributed by atoms with van der Waals surface area (Å²) in [5.41, 5.74) is 0. The number of nitrogens with one attached hydrogen (secondary N) is 2. The largest absolute Gasteiger partial charge is 0.481 e. The Morgan fingerprint density at radius 1 is 0.446 bits per heavy atom. The lowest BCUT2D eigenvalue weighted by molar-refractivity contribution is -0.198. The number of imide groups is 3. The normalized spacial score (nSPS) is 14.4. The van der Waals surface area contributed by atoms with Gasteiger partial charge in [0.15, 0.2) is 0 Å². The van der Waals surface area contributed by atoms with Gasteiger partial charge in [-0.2, -0.15) is 0 Å². The number of hydroxylamine groups is 2. The van der Waals surface area contributed by atoms with Crippen molar-refractivity contribution in [3.05, 3.63) is 24.3 Å². The monoisotopic (exact) mass is 929 g/mol. The minimum atomic E-state index is -0.894. The molecule has 0 unspecified atom stereocenters. The zero-order chi connectivity index (χ0) is 47.5. The van der Waals surface area contributed by atoms with Gasteiger partial charge in [0.2, 0.25) is 11.8 Å². The molecule has 8 amide bonds. The van der Waals surface area contributed by atoms with E-state index in [9.17, 15) is 47.9 Å². The molecule has 0 aliphatic carbocycles. The van der Waals surface area contributed by atoms with Crippen LogP contribution in [0.2, 0.25) is 0 Å². The predicted octanol–water partition coefficient (Wildman–Crippen LogP) is -2.56. The molecule has 3 rings (SSSR count). The molecule has 3 aliphatic rings. The summed E-state index contributed by atoms with van der Waals surface area (Å²) in [7, 11) is 0. The summed E-state index contributed by atoms with van der Waals surface area (Å²) >= 11 is 0. The molecule has 3 aliphatic heterocycles. The molecule has 0 bridgehead atoms. The maximum Gasteiger partial charge on any atom is 0.335 e. The Morgan fingerprint density at radius 3 is 1.09 bits per heavy atom. The van der Waals surface area contributed by atoms with Crippen LogP contribution in [0.25, 0.3) is 0 Å². The second-order valence-corrected chi connectivity index (χ2v) is 13.4. The maximum absolute atomic E-state index is 11.7. The van der Waals surface area contributed by atoms with Crippen molar-refractivity contribution in [1.82, 2.24) is 25.5 Å². The molecule has 1 saturated heterocycles. The topological polar surface area (TPSA) is 308 Å². The number of aliphatic carboxylic acids is 1. The van der Waals surface area contributed by atoms with Crippen LogP contribution in [0.15, 0.2) is 24.3 Å². The average Bonchev–Trinajstić information content (AvgIpc) is 3.90. The van der Waals surface area contributed by atoms with Gasteiger partial charge in [-0.3, -0.25) is 53.0 Å². The van der Waals surface area contributed by atoms with Gasteiger partial charge in [-0.1, -0.05) is 0 Å². The predicted molar refractivity (Wildman–Crippen MR) is 218 cm³/mol. The van der Waals surface area contributed by atoms with E-state index >= 15 is 0 Å². The van der Waals surface area contributed by atoms with Crippen LogP contribution in [-0.2, 0) is 90.7 Å². The summed E-state index contributed by atoms with van der Waals surface area (Å²) in [5, 5.41) is 14.2. The first-order valence-electron chi connectivity index (χ1n) is 20.9. The molecule has 0 aromatic carbocycles. The van der Waals surface area contributed by atoms with Crippen molar-refractivity contribution in [1.29, 1.82) is 0 Å². The summed E-state index contributed by atoms with van der Waals surface area (Å²) < 4.78 is 42.2. The smallest absolute Gasteiger partial charge is 0.335 e. The molecule has 25 nitrogen and oxygen atoms in total. The van der Waals surface area contributed by atoms with Gasteiger partial charge in [-0.25, -0.2) is 4.79 Å². The van der Waals surface area contributed by atoms with Gasteiger partial charge in [-0.15, -0.1) is 5.06 Å². The highest BCUT2D eigenvalue weighted by atomic mass is 16.7. The van der Waals surface area contributed by atoms with Crippen molar-refractivity contribution in [2.75, 3.05) is 132 Å². The molecular weight excluding hydrogens is 870 g/mol. The number of carboxylic acid groups (broad SMARTS) is 1. The van der Waals surface area contributed by atoms with E-state index in [1.54, 1.807) is 0 Å². The molecule has 0 aromatic heterocycles. The second kappa shape index (κ2) is 34.8. The van der Waals surface area contributed by atoms with E-state index in [4.69, 9.17) is 47.8 Å². The molecule has 25 heteroatoms. The Hall–Kier alpha value is -5.54. The van der Waals surface area contributed by atoms with Crippen molar-refractivity contribution in [3.63, 3.8) is 0 Å². The fourth-order valence-corrected chi connectivity index (χ4v) is 5.08. The van der Waals surface area contributed by atoms with E-state index in [0.29, 0.717) is 104 Å². The van der Waals surface area contributed by atoms with Crippen LogP contribution in [0.4, 0.5) is 0 Å². The molecule has 3 heterocycles. The number of carbonyl (C=O) groups excluding carboxylic acids is 9. The Bertz CT molecular complexity index is 1570. The molecule has 0 aromatic rings. The Balaban J connectivity index is 0.000000458. The molecule has 0 saturated carbocycles. The van der Waals surface area contributed by atoms with Crippen LogP contribution < -0.4 is 10.6 Å². The highest BCUT2D eigenvalue weighted by Crippen LogP contribution is 2.12. The Morgan fingerprint density at radius 2 is 0.754 bits per heavy atom. The number of nitrogens with zero attached hydrogens (tertiary/aromatic N) is 3. The van der Waals surface area contributed by atoms with Crippen LogP contribution in [0, 0.1) is 0 Å². The van der Waals surface area contributed by atoms with Gasteiger partial charge in [0, 0.05) is 76.2 Å². The minimum absolute atomic E-state index is 0.0227. The first kappa shape index (κ1) is 55.6. The van der Waals surface area contributed by atoms with Crippen molar-refractivity contribution in [3.8, 4) is 0 Å². The summed E-state index contributed by atoms with van der Waals surface area (Å²) in [6.07, 6.45) is 4.77. The third-order valence-corrected chi connectivity index (χ3v) is 8.40. The molecule has 65 heavy (non-hydrogen) atoms. The van der Waals surface area contributed by atoms with E-state index in [1.165, 1.54) is 24.3 Å². The second-order valence-electron chi connectivity index (χ2n) is 13.4. The van der Waals surface area contributed by atoms with Gasteiger partial charge >= 0.3 is 11.9 Å². The number of hydrogen-bond acceptors (Lipinski definition) is 19. The fraction of sp³-hybridized carbons (Fsp3) is 0.650. The number of ether oxygens (including phenoxy) is 8. The van der Waals surface area contributed by atoms with Crippen LogP contribution >= 0.6 is 0 Å². The molecule has 0 atom stereocenters. The minimum Gasteiger partial charge on any atom is -0.481 e. The maximum atomic E-state index is 11.7. The summed E-state index contributed by atoms with van der Waals surface area (Å²) in [5.74, 6) is -4.84. The number of carbonyl (C=O) groups is 10. The number of hydrogen-bond donors (Lipinski definition) is 3. The molecular formula is C40H59N5O20. The van der Waals surface area contributed by atoms with Gasteiger partial charge in [0.25, 0.3) is 35.4 Å². The van der Waals surface area contributed by atoms with Crippen LogP contribution in [-0.4, -0.2) is 211 Å². The van der Waals surface area contributed by atoms with Crippen LogP contribution in [0.5, 0.6) is 0 Å². The molecule has 0 spiro atoms.